The fourth-order valence-corrected chi connectivity index (χ4v) is 1.96. The van der Waals surface area contributed by atoms with E-state index in [2.05, 4.69) is 9.97 Å². The molecule has 1 aromatic heterocycles. The van der Waals surface area contributed by atoms with E-state index in [1.54, 1.807) is 24.3 Å². The minimum absolute atomic E-state index is 0.335. The molecule has 0 saturated carbocycles. The first kappa shape index (κ1) is 11.3. The van der Waals surface area contributed by atoms with Crippen LogP contribution in [0, 0.1) is 0 Å². The highest BCUT2D eigenvalue weighted by Gasteiger charge is 2.36. The Kier molecular flexibility index (Phi) is 2.39. The summed E-state index contributed by atoms with van der Waals surface area (Å²) in [6, 6.07) is 6.79. The number of anilines is 1. The largest absolute Gasteiger partial charge is 0.451 e. The predicted molar refractivity (Wildman–Crippen MR) is 61.4 cm³/mol. The zero-order valence-corrected chi connectivity index (χ0v) is 9.41. The van der Waals surface area contributed by atoms with Gasteiger partial charge < -0.3 is 4.90 Å². The van der Waals surface area contributed by atoms with Crippen LogP contribution in [0.3, 0.4) is 0 Å². The highest BCUT2D eigenvalue weighted by molar-refractivity contribution is 5.89. The molecule has 3 nitrogen and oxygen atoms in total. The molecule has 0 atom stereocenters. The Bertz CT molecular complexity index is 591. The lowest BCUT2D eigenvalue weighted by Gasteiger charge is -2.33. The molecule has 1 fully saturated rings. The van der Waals surface area contributed by atoms with E-state index in [1.165, 1.54) is 0 Å². The lowest BCUT2D eigenvalue weighted by atomic mass is 10.1. The van der Waals surface area contributed by atoms with Crippen molar-refractivity contribution in [3.63, 3.8) is 0 Å². The molecular weight excluding hydrogens is 243 g/mol. The second-order valence-electron chi connectivity index (χ2n) is 4.23. The van der Waals surface area contributed by atoms with Crippen molar-refractivity contribution in [2.24, 2.45) is 0 Å². The van der Waals surface area contributed by atoms with E-state index in [-0.39, 0.29) is 0 Å². The summed E-state index contributed by atoms with van der Waals surface area (Å²) in [6.45, 7) is 1.50. The Morgan fingerprint density at radius 3 is 2.39 bits per heavy atom. The van der Waals surface area contributed by atoms with Gasteiger partial charge in [-0.2, -0.15) is 13.2 Å². The highest BCUT2D eigenvalue weighted by Crippen LogP contribution is 2.32. The first-order valence-corrected chi connectivity index (χ1v) is 5.64. The SMILES string of the molecule is FC(F)(F)c1nc(N2CCC2)c2ccccc2n1. The maximum atomic E-state index is 12.7. The van der Waals surface area contributed by atoms with Gasteiger partial charge in [-0.25, -0.2) is 9.97 Å². The number of aromatic nitrogens is 2. The van der Waals surface area contributed by atoms with E-state index in [0.29, 0.717) is 16.7 Å². The molecule has 2 heterocycles. The van der Waals surface area contributed by atoms with Gasteiger partial charge in [-0.05, 0) is 18.6 Å². The van der Waals surface area contributed by atoms with Crippen molar-refractivity contribution < 1.29 is 13.2 Å². The summed E-state index contributed by atoms with van der Waals surface area (Å²) in [5.41, 5.74) is 0.335. The van der Waals surface area contributed by atoms with E-state index in [0.717, 1.165) is 19.5 Å². The monoisotopic (exact) mass is 253 g/mol. The normalized spacial score (nSPS) is 15.8. The molecule has 0 unspecified atom stereocenters. The Morgan fingerprint density at radius 2 is 1.78 bits per heavy atom. The maximum absolute atomic E-state index is 12.7. The van der Waals surface area contributed by atoms with Gasteiger partial charge in [0, 0.05) is 18.5 Å². The fourth-order valence-electron chi connectivity index (χ4n) is 1.96. The minimum Gasteiger partial charge on any atom is -0.356 e. The van der Waals surface area contributed by atoms with E-state index >= 15 is 0 Å². The molecule has 0 spiro atoms. The van der Waals surface area contributed by atoms with Crippen LogP contribution < -0.4 is 4.90 Å². The molecule has 1 saturated heterocycles. The van der Waals surface area contributed by atoms with E-state index < -0.39 is 12.0 Å². The van der Waals surface area contributed by atoms with Crippen molar-refractivity contribution in [1.29, 1.82) is 0 Å². The molecule has 1 aromatic carbocycles. The second-order valence-corrected chi connectivity index (χ2v) is 4.23. The predicted octanol–water partition coefficient (Wildman–Crippen LogP) is 2.86. The van der Waals surface area contributed by atoms with Crippen LogP contribution in [0.15, 0.2) is 24.3 Å². The molecule has 0 N–H and O–H groups in total. The molecule has 3 rings (SSSR count). The summed E-state index contributed by atoms with van der Waals surface area (Å²) in [4.78, 5) is 9.12. The van der Waals surface area contributed by atoms with Gasteiger partial charge in [0.05, 0.1) is 5.52 Å². The Labute approximate surface area is 101 Å². The zero-order valence-electron chi connectivity index (χ0n) is 9.41. The number of nitrogens with zero attached hydrogens (tertiary/aromatic N) is 3. The molecule has 18 heavy (non-hydrogen) atoms. The van der Waals surface area contributed by atoms with Gasteiger partial charge in [0.2, 0.25) is 5.82 Å². The molecule has 94 valence electrons. The van der Waals surface area contributed by atoms with Crippen molar-refractivity contribution in [2.45, 2.75) is 12.6 Å². The van der Waals surface area contributed by atoms with Crippen LogP contribution in [0.2, 0.25) is 0 Å². The Hall–Kier alpha value is -1.85. The summed E-state index contributed by atoms with van der Waals surface area (Å²) in [6.07, 6.45) is -3.52. The maximum Gasteiger partial charge on any atom is 0.451 e. The average molecular weight is 253 g/mol. The number of alkyl halides is 3. The average Bonchev–Trinajstić information content (AvgIpc) is 2.25. The molecule has 1 aliphatic rings. The van der Waals surface area contributed by atoms with E-state index in [1.807, 2.05) is 4.90 Å². The summed E-state index contributed by atoms with van der Waals surface area (Å²) < 4.78 is 38.2. The fraction of sp³-hybridized carbons (Fsp3) is 0.333. The minimum atomic E-state index is -4.51. The number of benzene rings is 1. The van der Waals surface area contributed by atoms with Crippen LogP contribution in [-0.4, -0.2) is 23.1 Å². The topological polar surface area (TPSA) is 29.0 Å². The van der Waals surface area contributed by atoms with Crippen LogP contribution in [0.25, 0.3) is 10.9 Å². The molecular formula is C12H10F3N3. The summed E-state index contributed by atoms with van der Waals surface area (Å²) in [5, 5.41) is 0.671. The van der Waals surface area contributed by atoms with Crippen LogP contribution in [-0.2, 0) is 6.18 Å². The first-order chi connectivity index (χ1) is 8.55. The molecule has 0 amide bonds. The summed E-state index contributed by atoms with van der Waals surface area (Å²) in [7, 11) is 0. The highest BCUT2D eigenvalue weighted by atomic mass is 19.4. The molecule has 1 aliphatic heterocycles. The van der Waals surface area contributed by atoms with Gasteiger partial charge in [-0.1, -0.05) is 12.1 Å². The number of hydrogen-bond donors (Lipinski definition) is 0. The van der Waals surface area contributed by atoms with Crippen molar-refractivity contribution >= 4 is 16.7 Å². The third-order valence-corrected chi connectivity index (χ3v) is 2.99. The number of para-hydroxylation sites is 1. The Morgan fingerprint density at radius 1 is 1.06 bits per heavy atom. The van der Waals surface area contributed by atoms with Crippen molar-refractivity contribution in [3.8, 4) is 0 Å². The van der Waals surface area contributed by atoms with Gasteiger partial charge in [0.15, 0.2) is 0 Å². The van der Waals surface area contributed by atoms with E-state index in [4.69, 9.17) is 0 Å². The van der Waals surface area contributed by atoms with Gasteiger partial charge in [0.1, 0.15) is 5.82 Å². The van der Waals surface area contributed by atoms with Gasteiger partial charge in [0.25, 0.3) is 0 Å². The van der Waals surface area contributed by atoms with Crippen LogP contribution in [0.4, 0.5) is 19.0 Å². The van der Waals surface area contributed by atoms with Crippen LogP contribution >= 0.6 is 0 Å². The zero-order chi connectivity index (χ0) is 12.8. The molecule has 0 radical (unpaired) electrons. The second kappa shape index (κ2) is 3.83. The van der Waals surface area contributed by atoms with E-state index in [9.17, 15) is 13.2 Å². The smallest absolute Gasteiger partial charge is 0.356 e. The first-order valence-electron chi connectivity index (χ1n) is 5.64. The third-order valence-electron chi connectivity index (χ3n) is 2.99. The lowest BCUT2D eigenvalue weighted by Crippen LogP contribution is -2.38. The van der Waals surface area contributed by atoms with Crippen LogP contribution in [0.5, 0.6) is 0 Å². The van der Waals surface area contributed by atoms with Crippen LogP contribution in [0.1, 0.15) is 12.2 Å². The number of fused-ring (bicyclic) bond motifs is 1. The van der Waals surface area contributed by atoms with Gasteiger partial charge in [-0.3, -0.25) is 0 Å². The number of hydrogen-bond acceptors (Lipinski definition) is 3. The van der Waals surface area contributed by atoms with Gasteiger partial charge >= 0.3 is 6.18 Å². The number of halogens is 3. The van der Waals surface area contributed by atoms with Crippen molar-refractivity contribution in [1.82, 2.24) is 9.97 Å². The summed E-state index contributed by atoms with van der Waals surface area (Å²) in [5.74, 6) is -0.678. The lowest BCUT2D eigenvalue weighted by molar-refractivity contribution is -0.144. The molecule has 0 bridgehead atoms. The van der Waals surface area contributed by atoms with Gasteiger partial charge in [-0.15, -0.1) is 0 Å². The third kappa shape index (κ3) is 1.77. The Balaban J connectivity index is 2.23. The molecule has 6 heteroatoms. The quantitative estimate of drug-likeness (QED) is 0.782. The van der Waals surface area contributed by atoms with Crippen molar-refractivity contribution in [2.75, 3.05) is 18.0 Å². The standard InChI is InChI=1S/C12H10F3N3/c13-12(14,15)11-16-9-5-2-1-4-8(9)10(17-11)18-6-3-7-18/h1-2,4-5H,3,6-7H2. The number of rotatable bonds is 1. The molecule has 2 aromatic rings. The summed E-state index contributed by atoms with van der Waals surface area (Å²) >= 11 is 0. The molecule has 0 aliphatic carbocycles. The van der Waals surface area contributed by atoms with Crippen molar-refractivity contribution in [3.05, 3.63) is 30.1 Å².